The maximum atomic E-state index is 13.8. The number of nitrogens with zero attached hydrogens (tertiary/aromatic N) is 3. The molecule has 3 aromatic heterocycles. The van der Waals surface area contributed by atoms with Crippen molar-refractivity contribution in [2.45, 2.75) is 32.2 Å². The second-order valence-electron chi connectivity index (χ2n) is 10.6. The molecule has 3 heterocycles. The quantitative estimate of drug-likeness (QED) is 0.224. The standard InChI is InChI=1S/C34H29FN4O6/c1-19(20-7-9-21(35)10-8-20)39-27-5-4-6-28(40)24(27)15-25(34(39)42)33(41)38-32-12-11-22(18-37-32)45-29-13-14-36-26-17-31(44-3)30(43-2)16-23(26)29/h7-19H,4-6H2,1-3H3,(H,37,38,41). The molecule has 1 amide bonds. The smallest absolute Gasteiger partial charge is 0.264 e. The lowest BCUT2D eigenvalue weighted by Gasteiger charge is -2.26. The average molecular weight is 609 g/mol. The zero-order valence-corrected chi connectivity index (χ0v) is 24.8. The van der Waals surface area contributed by atoms with Gasteiger partial charge in [-0.1, -0.05) is 12.1 Å². The van der Waals surface area contributed by atoms with Gasteiger partial charge in [-0.05, 0) is 67.8 Å². The Morgan fingerprint density at radius 1 is 0.933 bits per heavy atom. The molecule has 1 N–H and O–H groups in total. The van der Waals surface area contributed by atoms with Crippen molar-refractivity contribution in [1.29, 1.82) is 0 Å². The molecule has 1 unspecified atom stereocenters. The summed E-state index contributed by atoms with van der Waals surface area (Å²) in [5, 5.41) is 3.36. The number of carbonyl (C=O) groups is 2. The summed E-state index contributed by atoms with van der Waals surface area (Å²) in [7, 11) is 3.09. The van der Waals surface area contributed by atoms with Gasteiger partial charge in [0.1, 0.15) is 28.7 Å². The van der Waals surface area contributed by atoms with Crippen LogP contribution < -0.4 is 25.1 Å². The maximum absolute atomic E-state index is 13.8. The fourth-order valence-electron chi connectivity index (χ4n) is 5.54. The van der Waals surface area contributed by atoms with E-state index in [1.165, 1.54) is 29.0 Å². The van der Waals surface area contributed by atoms with E-state index in [0.717, 1.165) is 0 Å². The second-order valence-corrected chi connectivity index (χ2v) is 10.6. The van der Waals surface area contributed by atoms with Gasteiger partial charge >= 0.3 is 0 Å². The molecule has 45 heavy (non-hydrogen) atoms. The topological polar surface area (TPSA) is 122 Å². The molecule has 0 fully saturated rings. The van der Waals surface area contributed by atoms with Crippen molar-refractivity contribution in [3.8, 4) is 23.0 Å². The minimum atomic E-state index is -0.705. The fraction of sp³-hybridized carbons (Fsp3) is 0.206. The van der Waals surface area contributed by atoms with E-state index in [-0.39, 0.29) is 17.2 Å². The second kappa shape index (κ2) is 12.2. The Morgan fingerprint density at radius 3 is 2.40 bits per heavy atom. The van der Waals surface area contributed by atoms with E-state index < -0.39 is 23.3 Å². The molecule has 0 spiro atoms. The van der Waals surface area contributed by atoms with Gasteiger partial charge in [-0.2, -0.15) is 0 Å². The number of anilines is 1. The first kappa shape index (κ1) is 29.5. The highest BCUT2D eigenvalue weighted by Crippen LogP contribution is 2.37. The van der Waals surface area contributed by atoms with Crippen LogP contribution in [-0.2, 0) is 6.42 Å². The van der Waals surface area contributed by atoms with Crippen molar-refractivity contribution in [1.82, 2.24) is 14.5 Å². The normalized spacial score (nSPS) is 13.2. The number of aromatic nitrogens is 3. The molecule has 2 aromatic carbocycles. The number of pyridine rings is 3. The molecule has 228 valence electrons. The number of halogens is 1. The van der Waals surface area contributed by atoms with Gasteiger partial charge in [0, 0.05) is 35.3 Å². The molecule has 10 nitrogen and oxygen atoms in total. The lowest BCUT2D eigenvalue weighted by Crippen LogP contribution is -2.36. The highest BCUT2D eigenvalue weighted by Gasteiger charge is 2.28. The van der Waals surface area contributed by atoms with E-state index in [1.807, 2.05) is 0 Å². The Balaban J connectivity index is 1.27. The Kier molecular flexibility index (Phi) is 7.99. The number of carbonyl (C=O) groups excluding carboxylic acids is 2. The average Bonchev–Trinajstić information content (AvgIpc) is 3.05. The van der Waals surface area contributed by atoms with E-state index >= 15 is 0 Å². The zero-order chi connectivity index (χ0) is 31.7. The first-order chi connectivity index (χ1) is 21.8. The Morgan fingerprint density at radius 2 is 1.69 bits per heavy atom. The molecular formula is C34H29FN4O6. The van der Waals surface area contributed by atoms with Crippen LogP contribution in [0.25, 0.3) is 10.9 Å². The Labute approximate surface area is 257 Å². The molecule has 0 radical (unpaired) electrons. The maximum Gasteiger partial charge on any atom is 0.264 e. The fourth-order valence-corrected chi connectivity index (χ4v) is 5.54. The van der Waals surface area contributed by atoms with Crippen LogP contribution in [0.4, 0.5) is 10.2 Å². The van der Waals surface area contributed by atoms with E-state index in [0.29, 0.717) is 70.0 Å². The van der Waals surface area contributed by atoms with Gasteiger partial charge < -0.3 is 24.1 Å². The highest BCUT2D eigenvalue weighted by atomic mass is 19.1. The number of ketones is 1. The van der Waals surface area contributed by atoms with Crippen LogP contribution in [0.2, 0.25) is 0 Å². The molecule has 0 bridgehead atoms. The van der Waals surface area contributed by atoms with Gasteiger partial charge in [0.25, 0.3) is 11.5 Å². The predicted octanol–water partition coefficient (Wildman–Crippen LogP) is 6.12. The number of Topliss-reactive ketones (excluding diaryl/α,β-unsaturated/α-hetero) is 1. The molecule has 1 aliphatic carbocycles. The number of rotatable bonds is 8. The van der Waals surface area contributed by atoms with E-state index in [2.05, 4.69) is 15.3 Å². The van der Waals surface area contributed by atoms with Crippen LogP contribution in [0, 0.1) is 5.82 Å². The number of nitrogens with one attached hydrogen (secondary N) is 1. The Bertz CT molecular complexity index is 1990. The monoisotopic (exact) mass is 608 g/mol. The van der Waals surface area contributed by atoms with E-state index in [9.17, 15) is 18.8 Å². The van der Waals surface area contributed by atoms with Gasteiger partial charge in [-0.15, -0.1) is 0 Å². The molecule has 5 aromatic rings. The highest BCUT2D eigenvalue weighted by molar-refractivity contribution is 6.06. The number of fused-ring (bicyclic) bond motifs is 2. The third kappa shape index (κ3) is 5.72. The van der Waals surface area contributed by atoms with Gasteiger partial charge in [0.05, 0.1) is 32.0 Å². The molecule has 0 aliphatic heterocycles. The zero-order valence-electron chi connectivity index (χ0n) is 24.8. The van der Waals surface area contributed by atoms with Crippen molar-refractivity contribution in [3.05, 3.63) is 112 Å². The number of hydrogen-bond donors (Lipinski definition) is 1. The van der Waals surface area contributed by atoms with Gasteiger partial charge in [0.2, 0.25) is 0 Å². The summed E-state index contributed by atoms with van der Waals surface area (Å²) < 4.78 is 31.9. The number of amides is 1. The minimum Gasteiger partial charge on any atom is -0.493 e. The summed E-state index contributed by atoms with van der Waals surface area (Å²) in [5.41, 5.74) is 1.50. The van der Waals surface area contributed by atoms with Crippen LogP contribution >= 0.6 is 0 Å². The number of benzene rings is 2. The summed E-state index contributed by atoms with van der Waals surface area (Å²) in [5.74, 6) is 0.903. The number of hydrogen-bond acceptors (Lipinski definition) is 8. The van der Waals surface area contributed by atoms with Crippen molar-refractivity contribution in [3.63, 3.8) is 0 Å². The molecule has 1 aliphatic rings. The summed E-state index contributed by atoms with van der Waals surface area (Å²) >= 11 is 0. The van der Waals surface area contributed by atoms with Gasteiger partial charge in [0.15, 0.2) is 17.3 Å². The lowest BCUT2D eigenvalue weighted by molar-refractivity contribution is 0.0970. The van der Waals surface area contributed by atoms with Crippen molar-refractivity contribution in [2.24, 2.45) is 0 Å². The molecular weight excluding hydrogens is 579 g/mol. The van der Waals surface area contributed by atoms with E-state index in [4.69, 9.17) is 14.2 Å². The molecule has 0 saturated carbocycles. The Hall–Kier alpha value is -5.58. The predicted molar refractivity (Wildman–Crippen MR) is 165 cm³/mol. The van der Waals surface area contributed by atoms with Gasteiger partial charge in [-0.25, -0.2) is 9.37 Å². The molecule has 11 heteroatoms. The summed E-state index contributed by atoms with van der Waals surface area (Å²) in [4.78, 5) is 48.8. The van der Waals surface area contributed by atoms with Gasteiger partial charge in [-0.3, -0.25) is 19.4 Å². The molecule has 1 atom stereocenters. The largest absolute Gasteiger partial charge is 0.493 e. The minimum absolute atomic E-state index is 0.135. The van der Waals surface area contributed by atoms with Crippen molar-refractivity contribution >= 4 is 28.4 Å². The van der Waals surface area contributed by atoms with Crippen LogP contribution in [0.15, 0.2) is 77.9 Å². The molecule has 0 saturated heterocycles. The first-order valence-electron chi connectivity index (χ1n) is 14.3. The third-order valence-electron chi connectivity index (χ3n) is 7.85. The summed E-state index contributed by atoms with van der Waals surface area (Å²) in [6.07, 6.45) is 4.49. The van der Waals surface area contributed by atoms with Crippen molar-refractivity contribution < 1.29 is 28.2 Å². The first-order valence-corrected chi connectivity index (χ1v) is 14.3. The van der Waals surface area contributed by atoms with Crippen LogP contribution in [0.1, 0.15) is 57.8 Å². The van der Waals surface area contributed by atoms with E-state index in [1.54, 1.807) is 69.8 Å². The van der Waals surface area contributed by atoms with Crippen LogP contribution in [0.3, 0.4) is 0 Å². The van der Waals surface area contributed by atoms with Crippen LogP contribution in [-0.4, -0.2) is 40.4 Å². The number of methoxy groups -OCH3 is 2. The number of ether oxygens (including phenoxy) is 3. The third-order valence-corrected chi connectivity index (χ3v) is 7.85. The molecule has 6 rings (SSSR count). The summed E-state index contributed by atoms with van der Waals surface area (Å²) in [6, 6.07) is 15.0. The van der Waals surface area contributed by atoms with Crippen molar-refractivity contribution in [2.75, 3.05) is 19.5 Å². The summed E-state index contributed by atoms with van der Waals surface area (Å²) in [6.45, 7) is 1.79. The van der Waals surface area contributed by atoms with Crippen LogP contribution in [0.5, 0.6) is 23.0 Å². The lowest BCUT2D eigenvalue weighted by atomic mass is 9.92. The SMILES string of the molecule is COc1cc2nccc(Oc3ccc(NC(=O)c4cc5c(n(C(C)c6ccc(F)cc6)c4=O)CCCC5=O)nc3)c2cc1OC.